The Kier molecular flexibility index (Phi) is 6.23. The molecule has 7 nitrogen and oxygen atoms in total. The van der Waals surface area contributed by atoms with Crippen LogP contribution in [0.4, 0.5) is 0 Å². The Balaban J connectivity index is 1.50. The number of carbonyl (C=O) groups excluding carboxylic acids is 2. The smallest absolute Gasteiger partial charge is 0.359 e. The summed E-state index contributed by atoms with van der Waals surface area (Å²) in [5.41, 5.74) is 1.00. The van der Waals surface area contributed by atoms with Crippen molar-refractivity contribution in [2.24, 2.45) is 13.0 Å². The molecule has 0 aliphatic carbocycles. The molecule has 148 valence electrons. The highest BCUT2D eigenvalue weighted by Crippen LogP contribution is 2.22. The lowest BCUT2D eigenvalue weighted by Crippen LogP contribution is -2.44. The molecule has 3 rings (SSSR count). The van der Waals surface area contributed by atoms with Crippen LogP contribution in [0.2, 0.25) is 0 Å². The summed E-state index contributed by atoms with van der Waals surface area (Å²) in [7, 11) is 1.45. The third kappa shape index (κ3) is 4.85. The van der Waals surface area contributed by atoms with E-state index in [2.05, 4.69) is 17.2 Å². The molecule has 0 bridgehead atoms. The van der Waals surface area contributed by atoms with E-state index in [1.807, 2.05) is 18.2 Å². The van der Waals surface area contributed by atoms with E-state index in [4.69, 9.17) is 4.74 Å². The number of piperidine rings is 1. The molecule has 1 atom stereocenters. The minimum atomic E-state index is -0.891. The van der Waals surface area contributed by atoms with Gasteiger partial charge in [0.25, 0.3) is 11.5 Å². The number of esters is 1. The van der Waals surface area contributed by atoms with Crippen molar-refractivity contribution in [1.82, 2.24) is 14.7 Å². The summed E-state index contributed by atoms with van der Waals surface area (Å²) >= 11 is 0. The van der Waals surface area contributed by atoms with Gasteiger partial charge < -0.3 is 9.64 Å². The van der Waals surface area contributed by atoms with Gasteiger partial charge >= 0.3 is 5.97 Å². The molecule has 1 aliphatic rings. The number of aryl methyl sites for hydroxylation is 1. The fourth-order valence-corrected chi connectivity index (χ4v) is 3.44. The molecule has 0 saturated carbocycles. The number of ether oxygens (including phenoxy) is 1. The Bertz CT molecular complexity index is 886. The van der Waals surface area contributed by atoms with Crippen molar-refractivity contribution < 1.29 is 14.3 Å². The van der Waals surface area contributed by atoms with Gasteiger partial charge in [0.2, 0.25) is 0 Å². The Morgan fingerprint density at radius 3 is 2.46 bits per heavy atom. The van der Waals surface area contributed by atoms with Gasteiger partial charge in [-0.1, -0.05) is 30.3 Å². The lowest BCUT2D eigenvalue weighted by Gasteiger charge is -2.33. The van der Waals surface area contributed by atoms with Crippen LogP contribution >= 0.6 is 0 Å². The summed E-state index contributed by atoms with van der Waals surface area (Å²) < 4.78 is 6.32. The van der Waals surface area contributed by atoms with Crippen LogP contribution in [0.1, 0.15) is 35.8 Å². The maximum Gasteiger partial charge on any atom is 0.359 e. The average Bonchev–Trinajstić information content (AvgIpc) is 2.70. The summed E-state index contributed by atoms with van der Waals surface area (Å²) in [6, 6.07) is 12.9. The van der Waals surface area contributed by atoms with Crippen LogP contribution in [0.3, 0.4) is 0 Å². The van der Waals surface area contributed by atoms with E-state index in [1.54, 1.807) is 11.8 Å². The molecule has 28 heavy (non-hydrogen) atoms. The summed E-state index contributed by atoms with van der Waals surface area (Å²) in [5, 5.41) is 3.85. The Hall–Kier alpha value is -2.96. The highest BCUT2D eigenvalue weighted by Gasteiger charge is 2.28. The van der Waals surface area contributed by atoms with Crippen LogP contribution in [0.15, 0.2) is 47.3 Å². The number of likely N-dealkylation sites (tertiary alicyclic amines) is 1. The van der Waals surface area contributed by atoms with Gasteiger partial charge in [0.15, 0.2) is 11.8 Å². The number of hydrogen-bond donors (Lipinski definition) is 0. The first-order valence-electron chi connectivity index (χ1n) is 9.52. The Morgan fingerprint density at radius 1 is 1.14 bits per heavy atom. The second-order valence-corrected chi connectivity index (χ2v) is 7.19. The molecular weight excluding hydrogens is 358 g/mol. The number of aromatic nitrogens is 2. The first kappa shape index (κ1) is 19.8. The number of nitrogens with zero attached hydrogens (tertiary/aromatic N) is 3. The SMILES string of the molecule is CC(OC(=O)c1ccc(=O)n(C)n1)C(=O)N1CCC(Cc2ccccc2)CC1. The number of carbonyl (C=O) groups is 2. The van der Waals surface area contributed by atoms with E-state index in [0.717, 1.165) is 23.9 Å². The maximum absolute atomic E-state index is 12.6. The normalized spacial score (nSPS) is 15.9. The van der Waals surface area contributed by atoms with Gasteiger partial charge in [-0.15, -0.1) is 0 Å². The molecular formula is C21H25N3O4. The van der Waals surface area contributed by atoms with Gasteiger partial charge in [0.1, 0.15) is 0 Å². The van der Waals surface area contributed by atoms with Gasteiger partial charge in [-0.3, -0.25) is 9.59 Å². The number of hydrogen-bond acceptors (Lipinski definition) is 5. The monoisotopic (exact) mass is 383 g/mol. The molecule has 1 amide bonds. The van der Waals surface area contributed by atoms with Crippen molar-refractivity contribution in [2.45, 2.75) is 32.3 Å². The summed E-state index contributed by atoms with van der Waals surface area (Å²) in [4.78, 5) is 37.9. The van der Waals surface area contributed by atoms with Crippen molar-refractivity contribution >= 4 is 11.9 Å². The lowest BCUT2D eigenvalue weighted by molar-refractivity contribution is -0.141. The quantitative estimate of drug-likeness (QED) is 0.736. The minimum Gasteiger partial charge on any atom is -0.448 e. The number of benzene rings is 1. The highest BCUT2D eigenvalue weighted by molar-refractivity contribution is 5.90. The average molecular weight is 383 g/mol. The predicted octanol–water partition coefficient (Wildman–Crippen LogP) is 1.81. The van der Waals surface area contributed by atoms with Crippen LogP contribution in [0.25, 0.3) is 0 Å². The molecule has 1 aromatic heterocycles. The number of amides is 1. The summed E-state index contributed by atoms with van der Waals surface area (Å²) in [5.74, 6) is -0.356. The molecule has 0 spiro atoms. The molecule has 2 aromatic rings. The highest BCUT2D eigenvalue weighted by atomic mass is 16.5. The van der Waals surface area contributed by atoms with Crippen LogP contribution in [-0.4, -0.2) is 45.8 Å². The topological polar surface area (TPSA) is 81.5 Å². The zero-order chi connectivity index (χ0) is 20.1. The molecule has 0 N–H and O–H groups in total. The van der Waals surface area contributed by atoms with Crippen LogP contribution in [0, 0.1) is 5.92 Å². The van der Waals surface area contributed by atoms with Crippen molar-refractivity contribution in [3.05, 3.63) is 64.1 Å². The molecule has 2 heterocycles. The second kappa shape index (κ2) is 8.82. The van der Waals surface area contributed by atoms with E-state index < -0.39 is 12.1 Å². The lowest BCUT2D eigenvalue weighted by atomic mass is 9.90. The maximum atomic E-state index is 12.6. The van der Waals surface area contributed by atoms with E-state index in [9.17, 15) is 14.4 Å². The second-order valence-electron chi connectivity index (χ2n) is 7.19. The zero-order valence-electron chi connectivity index (χ0n) is 16.2. The van der Waals surface area contributed by atoms with Crippen LogP contribution in [0.5, 0.6) is 0 Å². The largest absolute Gasteiger partial charge is 0.448 e. The van der Waals surface area contributed by atoms with E-state index in [0.29, 0.717) is 19.0 Å². The molecule has 0 radical (unpaired) electrons. The van der Waals surface area contributed by atoms with Crippen molar-refractivity contribution in [2.75, 3.05) is 13.1 Å². The fourth-order valence-electron chi connectivity index (χ4n) is 3.44. The van der Waals surface area contributed by atoms with Crippen molar-refractivity contribution in [3.63, 3.8) is 0 Å². The molecule has 1 saturated heterocycles. The van der Waals surface area contributed by atoms with Crippen molar-refractivity contribution in [3.8, 4) is 0 Å². The standard InChI is InChI=1S/C21H25N3O4/c1-15(28-21(27)18-8-9-19(25)23(2)22-18)20(26)24-12-10-17(11-13-24)14-16-6-4-3-5-7-16/h3-9,15,17H,10-14H2,1-2H3. The molecule has 1 fully saturated rings. The number of rotatable bonds is 5. The van der Waals surface area contributed by atoms with Gasteiger partial charge in [-0.25, -0.2) is 9.48 Å². The molecule has 7 heteroatoms. The third-order valence-corrected chi connectivity index (χ3v) is 5.09. The van der Waals surface area contributed by atoms with Crippen LogP contribution < -0.4 is 5.56 Å². The van der Waals surface area contributed by atoms with E-state index >= 15 is 0 Å². The molecule has 1 aromatic carbocycles. The molecule has 1 aliphatic heterocycles. The summed E-state index contributed by atoms with van der Waals surface area (Å²) in [6.07, 6.45) is 2.00. The Morgan fingerprint density at radius 2 is 1.82 bits per heavy atom. The van der Waals surface area contributed by atoms with Gasteiger partial charge in [0.05, 0.1) is 0 Å². The van der Waals surface area contributed by atoms with Gasteiger partial charge in [-0.05, 0) is 43.7 Å². The predicted molar refractivity (Wildman–Crippen MR) is 104 cm³/mol. The first-order chi connectivity index (χ1) is 13.4. The Labute approximate surface area is 163 Å². The van der Waals surface area contributed by atoms with Crippen molar-refractivity contribution in [1.29, 1.82) is 0 Å². The van der Waals surface area contributed by atoms with Crippen LogP contribution in [-0.2, 0) is 23.0 Å². The zero-order valence-corrected chi connectivity index (χ0v) is 16.2. The van der Waals surface area contributed by atoms with Gasteiger partial charge in [-0.2, -0.15) is 5.10 Å². The van der Waals surface area contributed by atoms with E-state index in [-0.39, 0.29) is 17.2 Å². The third-order valence-electron chi connectivity index (χ3n) is 5.09. The summed E-state index contributed by atoms with van der Waals surface area (Å²) in [6.45, 7) is 2.89. The van der Waals surface area contributed by atoms with Gasteiger partial charge in [0, 0.05) is 26.2 Å². The van der Waals surface area contributed by atoms with E-state index in [1.165, 1.54) is 24.7 Å². The fraction of sp³-hybridized carbons (Fsp3) is 0.429. The minimum absolute atomic E-state index is 0.00307. The molecule has 1 unspecified atom stereocenters. The first-order valence-corrected chi connectivity index (χ1v) is 9.52.